The number of carbonyl (C=O) groups excluding carboxylic acids is 1. The molecule has 2 unspecified atom stereocenters. The van der Waals surface area contributed by atoms with E-state index in [-0.39, 0.29) is 22.9 Å². The second-order valence-corrected chi connectivity index (χ2v) is 11.0. The zero-order valence-electron chi connectivity index (χ0n) is 16.2. The van der Waals surface area contributed by atoms with E-state index in [1.807, 2.05) is 0 Å². The number of anilines is 1. The second kappa shape index (κ2) is 6.01. The Morgan fingerprint density at radius 1 is 1.20 bits per heavy atom. The first-order valence-electron chi connectivity index (χ1n) is 10.2. The van der Waals surface area contributed by atoms with E-state index in [0.717, 1.165) is 32.1 Å². The lowest BCUT2D eigenvalue weighted by Crippen LogP contribution is -2.66. The van der Waals surface area contributed by atoms with Gasteiger partial charge in [0.15, 0.2) is 12.9 Å². The van der Waals surface area contributed by atoms with Crippen molar-refractivity contribution in [3.8, 4) is 5.75 Å². The highest BCUT2D eigenvalue weighted by Gasteiger charge is 2.60. The highest BCUT2D eigenvalue weighted by Crippen LogP contribution is 2.60. The molecule has 4 aliphatic carbocycles. The summed E-state index contributed by atoms with van der Waals surface area (Å²) in [5.74, 6) is 1.06. The molecule has 1 aromatic carbocycles. The van der Waals surface area contributed by atoms with Gasteiger partial charge in [-0.05, 0) is 73.8 Å². The van der Waals surface area contributed by atoms with Crippen LogP contribution in [-0.4, -0.2) is 46.7 Å². The van der Waals surface area contributed by atoms with Gasteiger partial charge < -0.3 is 10.1 Å². The van der Waals surface area contributed by atoms with Crippen LogP contribution in [0.3, 0.4) is 0 Å². The maximum atomic E-state index is 13.4. The van der Waals surface area contributed by atoms with Crippen LogP contribution in [0.2, 0.25) is 0 Å². The summed E-state index contributed by atoms with van der Waals surface area (Å²) < 4.78 is 35.1. The van der Waals surface area contributed by atoms with E-state index in [9.17, 15) is 13.2 Å². The number of sulfonamides is 1. The molecule has 0 radical (unpaired) electrons. The number of ether oxygens (including phenoxy) is 1. The largest absolute Gasteiger partial charge is 0.482 e. The Morgan fingerprint density at radius 2 is 2.00 bits per heavy atom. The second-order valence-electron chi connectivity index (χ2n) is 9.29. The standard InChI is InChI=1S/C19H22N6O4S/c26-17-9-29-16-2-1-14(4-15(16)22-17)30(27,28)23-18-5-12-3-13(6-18)8-19(7-12,10-18)25-21-11-20-24-25/h1-2,4,11-13,23H,3,5-10H2,(H,22,26). The minimum absolute atomic E-state index is 0.0678. The Morgan fingerprint density at radius 3 is 2.73 bits per heavy atom. The van der Waals surface area contributed by atoms with Crippen LogP contribution in [0.1, 0.15) is 38.5 Å². The Bertz CT molecular complexity index is 1120. The van der Waals surface area contributed by atoms with Gasteiger partial charge in [0.2, 0.25) is 10.0 Å². The minimum atomic E-state index is -3.79. The SMILES string of the molecule is O=C1COc2ccc(S(=O)(=O)NC34CC5CC(C3)CC(n3ncnn3)(C5)C4)cc2N1. The van der Waals surface area contributed by atoms with Crippen molar-refractivity contribution in [2.75, 3.05) is 11.9 Å². The number of carbonyl (C=O) groups is 1. The van der Waals surface area contributed by atoms with Crippen LogP contribution in [0.4, 0.5) is 5.69 Å². The van der Waals surface area contributed by atoms with Gasteiger partial charge in [0.05, 0.1) is 16.1 Å². The van der Waals surface area contributed by atoms with Crippen LogP contribution in [-0.2, 0) is 20.4 Å². The summed E-state index contributed by atoms with van der Waals surface area (Å²) in [5.41, 5.74) is -0.421. The lowest BCUT2D eigenvalue weighted by Gasteiger charge is -2.61. The maximum Gasteiger partial charge on any atom is 0.262 e. The number of nitrogens with zero attached hydrogens (tertiary/aromatic N) is 4. The van der Waals surface area contributed by atoms with E-state index in [0.29, 0.717) is 29.7 Å². The van der Waals surface area contributed by atoms with Crippen LogP contribution < -0.4 is 14.8 Å². The molecule has 10 nitrogen and oxygen atoms in total. The highest BCUT2D eigenvalue weighted by molar-refractivity contribution is 7.89. The zero-order valence-corrected chi connectivity index (χ0v) is 17.1. The van der Waals surface area contributed by atoms with Crippen molar-refractivity contribution >= 4 is 21.6 Å². The van der Waals surface area contributed by atoms with Crippen LogP contribution in [0.15, 0.2) is 29.4 Å². The van der Waals surface area contributed by atoms with Crippen LogP contribution in [0, 0.1) is 11.8 Å². The van der Waals surface area contributed by atoms with E-state index in [1.165, 1.54) is 18.5 Å². The maximum absolute atomic E-state index is 13.4. The first-order valence-corrected chi connectivity index (χ1v) is 11.7. The van der Waals surface area contributed by atoms with E-state index in [1.54, 1.807) is 10.9 Å². The lowest BCUT2D eigenvalue weighted by molar-refractivity contribution is -0.118. The topological polar surface area (TPSA) is 128 Å². The smallest absolute Gasteiger partial charge is 0.262 e. The zero-order chi connectivity index (χ0) is 20.6. The quantitative estimate of drug-likeness (QED) is 0.741. The van der Waals surface area contributed by atoms with Crippen molar-refractivity contribution in [3.63, 3.8) is 0 Å². The predicted molar refractivity (Wildman–Crippen MR) is 104 cm³/mol. The molecule has 7 rings (SSSR count). The lowest BCUT2D eigenvalue weighted by atomic mass is 9.50. The summed E-state index contributed by atoms with van der Waals surface area (Å²) in [6, 6.07) is 4.57. The van der Waals surface area contributed by atoms with E-state index < -0.39 is 15.6 Å². The first kappa shape index (κ1) is 18.3. The molecule has 2 aromatic rings. The molecule has 2 N–H and O–H groups in total. The summed E-state index contributed by atoms with van der Waals surface area (Å²) in [5, 5.41) is 15.0. The fourth-order valence-corrected chi connectivity index (χ4v) is 7.97. The molecule has 2 atom stereocenters. The van der Waals surface area contributed by atoms with Gasteiger partial charge in [0.1, 0.15) is 5.75 Å². The molecular weight excluding hydrogens is 408 g/mol. The summed E-state index contributed by atoms with van der Waals surface area (Å²) in [4.78, 5) is 13.4. The van der Waals surface area contributed by atoms with Crippen molar-refractivity contribution in [3.05, 3.63) is 24.5 Å². The fraction of sp³-hybridized carbons (Fsp3) is 0.579. The van der Waals surface area contributed by atoms with Gasteiger partial charge in [-0.25, -0.2) is 13.1 Å². The predicted octanol–water partition coefficient (Wildman–Crippen LogP) is 1.03. The number of tetrazole rings is 1. The third kappa shape index (κ3) is 2.75. The van der Waals surface area contributed by atoms with Gasteiger partial charge in [0.25, 0.3) is 5.91 Å². The van der Waals surface area contributed by atoms with E-state index >= 15 is 0 Å². The van der Waals surface area contributed by atoms with Crippen molar-refractivity contribution in [1.82, 2.24) is 24.9 Å². The molecule has 158 valence electrons. The molecule has 4 saturated carbocycles. The van der Waals surface area contributed by atoms with Crippen molar-refractivity contribution in [2.45, 2.75) is 54.5 Å². The van der Waals surface area contributed by atoms with Gasteiger partial charge in [-0.1, -0.05) is 0 Å². The number of hydrogen-bond acceptors (Lipinski definition) is 7. The summed E-state index contributed by atoms with van der Waals surface area (Å²) in [7, 11) is -3.79. The van der Waals surface area contributed by atoms with E-state index in [4.69, 9.17) is 4.74 Å². The van der Waals surface area contributed by atoms with Crippen LogP contribution >= 0.6 is 0 Å². The monoisotopic (exact) mass is 430 g/mol. The van der Waals surface area contributed by atoms with Gasteiger partial charge in [-0.2, -0.15) is 4.80 Å². The van der Waals surface area contributed by atoms with Crippen LogP contribution in [0.25, 0.3) is 0 Å². The molecule has 1 aliphatic heterocycles. The number of nitrogens with one attached hydrogen (secondary N) is 2. The molecule has 5 aliphatic rings. The molecule has 1 amide bonds. The number of aromatic nitrogens is 4. The minimum Gasteiger partial charge on any atom is -0.482 e. The van der Waals surface area contributed by atoms with Crippen LogP contribution in [0.5, 0.6) is 5.75 Å². The van der Waals surface area contributed by atoms with Gasteiger partial charge >= 0.3 is 0 Å². The average molecular weight is 430 g/mol. The average Bonchev–Trinajstić information content (AvgIpc) is 3.21. The van der Waals surface area contributed by atoms with Crippen molar-refractivity contribution in [2.24, 2.45) is 11.8 Å². The summed E-state index contributed by atoms with van der Waals surface area (Å²) >= 11 is 0. The fourth-order valence-electron chi connectivity index (χ4n) is 6.53. The third-order valence-corrected chi connectivity index (χ3v) is 8.62. The molecule has 0 saturated heterocycles. The number of rotatable bonds is 4. The Labute approximate surface area is 173 Å². The Balaban J connectivity index is 1.33. The third-order valence-electron chi connectivity index (χ3n) is 7.05. The molecule has 4 bridgehead atoms. The van der Waals surface area contributed by atoms with Crippen molar-refractivity contribution in [1.29, 1.82) is 0 Å². The molecule has 0 spiro atoms. The van der Waals surface area contributed by atoms with Crippen molar-refractivity contribution < 1.29 is 17.9 Å². The van der Waals surface area contributed by atoms with E-state index in [2.05, 4.69) is 25.4 Å². The molecule has 2 heterocycles. The molecule has 30 heavy (non-hydrogen) atoms. The molecular formula is C19H22N6O4S. The molecule has 1 aromatic heterocycles. The summed E-state index contributed by atoms with van der Waals surface area (Å²) in [6.45, 7) is -0.0678. The number of benzene rings is 1. The summed E-state index contributed by atoms with van der Waals surface area (Å²) in [6.07, 6.45) is 6.81. The number of fused-ring (bicyclic) bond motifs is 1. The number of amides is 1. The molecule has 4 fully saturated rings. The Kier molecular flexibility index (Phi) is 3.65. The molecule has 11 heteroatoms. The normalized spacial score (nSPS) is 34.3. The van der Waals surface area contributed by atoms with Gasteiger partial charge in [-0.15, -0.1) is 10.2 Å². The Hall–Kier alpha value is -2.53. The van der Waals surface area contributed by atoms with Gasteiger partial charge in [0, 0.05) is 5.54 Å². The highest BCUT2D eigenvalue weighted by atomic mass is 32.2. The van der Waals surface area contributed by atoms with Gasteiger partial charge in [-0.3, -0.25) is 4.79 Å². The number of hydrogen-bond donors (Lipinski definition) is 2. The first-order chi connectivity index (χ1) is 14.3.